The van der Waals surface area contributed by atoms with Crippen molar-refractivity contribution in [1.29, 1.82) is 5.41 Å². The van der Waals surface area contributed by atoms with Gasteiger partial charge in [0.2, 0.25) is 0 Å². The van der Waals surface area contributed by atoms with Crippen LogP contribution in [0.25, 0.3) is 0 Å². The summed E-state index contributed by atoms with van der Waals surface area (Å²) in [5, 5.41) is 20.1. The maximum Gasteiger partial charge on any atom is 0.487 e. The van der Waals surface area contributed by atoms with Gasteiger partial charge < -0.3 is 31.2 Å². The van der Waals surface area contributed by atoms with E-state index in [1.165, 1.54) is 48.8 Å². The molecule has 3 rings (SSSR count). The second-order valence-corrected chi connectivity index (χ2v) is 7.60. The van der Waals surface area contributed by atoms with E-state index in [4.69, 9.17) is 22.7 Å². The number of anilines is 2. The number of alkyl halides is 3. The van der Waals surface area contributed by atoms with Crippen molar-refractivity contribution in [3.63, 3.8) is 0 Å². The molecule has 0 saturated carbocycles. The number of pyridine rings is 1. The Morgan fingerprint density at radius 2 is 2.06 bits per heavy atom. The zero-order valence-electron chi connectivity index (χ0n) is 17.1. The number of allylic oxidation sites excluding steroid dienone is 1. The van der Waals surface area contributed by atoms with Gasteiger partial charge >= 0.3 is 11.5 Å². The molecule has 2 heterocycles. The van der Waals surface area contributed by atoms with Crippen molar-refractivity contribution in [2.75, 3.05) is 23.3 Å². The van der Waals surface area contributed by atoms with Gasteiger partial charge in [0.15, 0.2) is 0 Å². The van der Waals surface area contributed by atoms with E-state index in [1.54, 1.807) is 4.90 Å². The highest BCUT2D eigenvalue weighted by Gasteiger charge is 2.31. The van der Waals surface area contributed by atoms with Gasteiger partial charge in [-0.05, 0) is 49.0 Å². The van der Waals surface area contributed by atoms with Crippen LogP contribution in [0.1, 0.15) is 22.3 Å². The fraction of sp³-hybridized carbons (Fsp3) is 0.238. The summed E-state index contributed by atoms with van der Waals surface area (Å²) >= 11 is 4.72. The number of benzene rings is 1. The molecule has 33 heavy (non-hydrogen) atoms. The molecule has 1 aromatic carbocycles. The minimum absolute atomic E-state index is 0.00284. The minimum atomic E-state index is -3.85. The fourth-order valence-corrected chi connectivity index (χ4v) is 3.40. The van der Waals surface area contributed by atoms with Gasteiger partial charge in [0.05, 0.1) is 17.2 Å². The third kappa shape index (κ3) is 6.16. The average Bonchev–Trinajstić information content (AvgIpc) is 3.24. The summed E-state index contributed by atoms with van der Waals surface area (Å²) in [5.74, 6) is -1.82. The summed E-state index contributed by atoms with van der Waals surface area (Å²) in [6.45, 7) is 0.675. The van der Waals surface area contributed by atoms with Gasteiger partial charge in [-0.15, -0.1) is 8.78 Å². The number of hydrogen-bond donors (Lipinski definition) is 4. The number of ether oxygens (including phenoxy) is 1. The standard InChI is InChI=1S/C21H20ClF2N5O4/c22-21(23,24)33-15-3-1-14(2-4-15)28-19(30)13-9-16(17(26)5-7-25)18(27-10-13)29-8-6-12(11-29)20(31)32/h1-5,7,9-10,12,26H,6,8,11,25H2,(H,28,30)(H,31,32). The molecule has 1 fully saturated rings. The van der Waals surface area contributed by atoms with Gasteiger partial charge in [-0.1, -0.05) is 0 Å². The van der Waals surface area contributed by atoms with Crippen LogP contribution in [0.2, 0.25) is 0 Å². The molecule has 1 aliphatic rings. The van der Waals surface area contributed by atoms with E-state index < -0.39 is 23.4 Å². The van der Waals surface area contributed by atoms with E-state index in [0.29, 0.717) is 30.0 Å². The monoisotopic (exact) mass is 479 g/mol. The number of aliphatic carboxylic acids is 1. The molecule has 1 unspecified atom stereocenters. The maximum absolute atomic E-state index is 12.7. The molecule has 0 spiro atoms. The lowest BCUT2D eigenvalue weighted by atomic mass is 10.1. The Kier molecular flexibility index (Phi) is 7.12. The number of rotatable bonds is 8. The summed E-state index contributed by atoms with van der Waals surface area (Å²) in [7, 11) is 0. The van der Waals surface area contributed by atoms with E-state index in [9.17, 15) is 23.5 Å². The number of nitrogens with one attached hydrogen (secondary N) is 2. The number of hydrogen-bond acceptors (Lipinski definition) is 7. The van der Waals surface area contributed by atoms with E-state index in [-0.39, 0.29) is 23.6 Å². The Morgan fingerprint density at radius 1 is 1.36 bits per heavy atom. The molecule has 1 saturated heterocycles. The summed E-state index contributed by atoms with van der Waals surface area (Å²) in [6, 6.07) is 6.60. The second-order valence-electron chi connectivity index (χ2n) is 7.16. The van der Waals surface area contributed by atoms with Crippen LogP contribution in [0, 0.1) is 11.3 Å². The Labute approximate surface area is 192 Å². The molecular formula is C21H20ClF2N5O4. The minimum Gasteiger partial charge on any atom is -0.481 e. The molecule has 2 aromatic rings. The normalized spacial score (nSPS) is 16.1. The Balaban J connectivity index is 1.81. The zero-order chi connectivity index (χ0) is 24.2. The van der Waals surface area contributed by atoms with E-state index >= 15 is 0 Å². The maximum atomic E-state index is 12.7. The molecule has 0 radical (unpaired) electrons. The van der Waals surface area contributed by atoms with Crippen LogP contribution in [-0.2, 0) is 4.79 Å². The van der Waals surface area contributed by atoms with Gasteiger partial charge in [-0.2, -0.15) is 0 Å². The van der Waals surface area contributed by atoms with E-state index in [0.717, 1.165) is 0 Å². The molecule has 1 amide bonds. The van der Waals surface area contributed by atoms with Crippen LogP contribution in [0.4, 0.5) is 20.3 Å². The SMILES string of the molecule is N=C(C=CN)c1cc(C(=O)Nc2ccc(OC(F)(F)Cl)cc2)cnc1N1CCC(C(=O)O)C1. The van der Waals surface area contributed by atoms with Crippen LogP contribution in [-0.4, -0.2) is 46.3 Å². The van der Waals surface area contributed by atoms with E-state index in [1.807, 2.05) is 0 Å². The topological polar surface area (TPSA) is 142 Å². The first-order chi connectivity index (χ1) is 15.6. The highest BCUT2D eigenvalue weighted by molar-refractivity contribution is 6.20. The van der Waals surface area contributed by atoms with Gasteiger partial charge in [-0.3, -0.25) is 9.59 Å². The van der Waals surface area contributed by atoms with Gasteiger partial charge in [0, 0.05) is 42.1 Å². The summed E-state index contributed by atoms with van der Waals surface area (Å²) in [6.07, 6.45) is 4.26. The van der Waals surface area contributed by atoms with Crippen molar-refractivity contribution in [1.82, 2.24) is 4.98 Å². The molecule has 5 N–H and O–H groups in total. The molecule has 9 nitrogen and oxygen atoms in total. The lowest BCUT2D eigenvalue weighted by molar-refractivity contribution is -0.140. The third-order valence-electron chi connectivity index (χ3n) is 4.86. The number of carbonyl (C=O) groups is 2. The van der Waals surface area contributed by atoms with Crippen LogP contribution in [0.5, 0.6) is 5.75 Å². The molecular weight excluding hydrogens is 460 g/mol. The summed E-state index contributed by atoms with van der Waals surface area (Å²) in [4.78, 5) is 30.1. The number of aromatic nitrogens is 1. The molecule has 0 bridgehead atoms. The Bertz CT molecular complexity index is 1090. The number of nitrogens with two attached hydrogens (primary N) is 1. The van der Waals surface area contributed by atoms with Crippen molar-refractivity contribution < 1.29 is 28.2 Å². The number of carboxylic acids is 1. The van der Waals surface area contributed by atoms with Crippen molar-refractivity contribution >= 4 is 40.7 Å². The second kappa shape index (κ2) is 9.82. The highest BCUT2D eigenvalue weighted by Crippen LogP contribution is 2.28. The smallest absolute Gasteiger partial charge is 0.481 e. The number of carboxylic acid groups (broad SMARTS) is 1. The van der Waals surface area contributed by atoms with Crippen molar-refractivity contribution in [3.05, 3.63) is 59.9 Å². The van der Waals surface area contributed by atoms with Gasteiger partial charge in [0.25, 0.3) is 5.91 Å². The predicted molar refractivity (Wildman–Crippen MR) is 118 cm³/mol. The number of nitrogens with zero attached hydrogens (tertiary/aromatic N) is 2. The first kappa shape index (κ1) is 23.9. The van der Waals surface area contributed by atoms with Crippen LogP contribution in [0.3, 0.4) is 0 Å². The first-order valence-electron chi connectivity index (χ1n) is 9.69. The van der Waals surface area contributed by atoms with Crippen LogP contribution >= 0.6 is 11.6 Å². The predicted octanol–water partition coefficient (Wildman–Crippen LogP) is 3.25. The lowest BCUT2D eigenvalue weighted by Gasteiger charge is -2.21. The number of carbonyl (C=O) groups excluding carboxylic acids is 1. The highest BCUT2D eigenvalue weighted by atomic mass is 35.5. The molecule has 0 aliphatic carbocycles. The van der Waals surface area contributed by atoms with Gasteiger partial charge in [-0.25, -0.2) is 4.98 Å². The largest absolute Gasteiger partial charge is 0.487 e. The molecule has 1 aromatic heterocycles. The number of amides is 1. The fourth-order valence-electron chi connectivity index (χ4n) is 3.32. The summed E-state index contributed by atoms with van der Waals surface area (Å²) < 4.78 is 29.6. The first-order valence-corrected chi connectivity index (χ1v) is 10.1. The molecule has 174 valence electrons. The van der Waals surface area contributed by atoms with Crippen LogP contribution < -0.4 is 20.7 Å². The molecule has 1 aliphatic heterocycles. The third-order valence-corrected chi connectivity index (χ3v) is 4.94. The average molecular weight is 480 g/mol. The number of halogens is 3. The van der Waals surface area contributed by atoms with Crippen molar-refractivity contribution in [2.45, 2.75) is 12.0 Å². The molecule has 12 heteroatoms. The lowest BCUT2D eigenvalue weighted by Crippen LogP contribution is -2.26. The zero-order valence-corrected chi connectivity index (χ0v) is 17.9. The Hall–Kier alpha value is -3.73. The summed E-state index contributed by atoms with van der Waals surface area (Å²) in [5.41, 5.74) is 2.29. The molecule has 1 atom stereocenters. The van der Waals surface area contributed by atoms with Crippen molar-refractivity contribution in [2.24, 2.45) is 11.7 Å². The Morgan fingerprint density at radius 3 is 2.64 bits per heavy atom. The van der Waals surface area contributed by atoms with Crippen molar-refractivity contribution in [3.8, 4) is 5.75 Å². The van der Waals surface area contributed by atoms with Crippen LogP contribution in [0.15, 0.2) is 48.8 Å². The van der Waals surface area contributed by atoms with Gasteiger partial charge in [0.1, 0.15) is 11.6 Å². The van der Waals surface area contributed by atoms with E-state index in [2.05, 4.69) is 15.0 Å². The quantitative estimate of drug-likeness (QED) is 0.336.